The van der Waals surface area contributed by atoms with E-state index in [0.29, 0.717) is 12.7 Å². The number of rotatable bonds is 8. The highest BCUT2D eigenvalue weighted by Crippen LogP contribution is 2.28. The molecule has 0 unspecified atom stereocenters. The zero-order valence-corrected chi connectivity index (χ0v) is 12.6. The Balaban J connectivity index is 1.64. The van der Waals surface area contributed by atoms with E-state index in [1.165, 1.54) is 5.56 Å². The number of unbranched alkanes of at least 4 members (excludes halogenated alkanes) is 3. The molecule has 0 aliphatic rings. The van der Waals surface area contributed by atoms with Crippen LogP contribution in [-0.4, -0.2) is 10.8 Å². The maximum absolute atomic E-state index is 12.4. The molecule has 0 N–H and O–H groups in total. The van der Waals surface area contributed by atoms with Crippen molar-refractivity contribution in [2.75, 3.05) is 0 Å². The number of carbonyl (C=O) groups excluding carboxylic acids is 1. The van der Waals surface area contributed by atoms with Gasteiger partial charge in [0.25, 0.3) is 5.89 Å². The first-order valence-electron chi connectivity index (χ1n) is 7.56. The van der Waals surface area contributed by atoms with Crippen LogP contribution in [-0.2, 0) is 12.6 Å². The van der Waals surface area contributed by atoms with Crippen molar-refractivity contribution < 1.29 is 22.4 Å². The molecule has 0 amide bonds. The predicted molar refractivity (Wildman–Crippen MR) is 79.1 cm³/mol. The number of aromatic nitrogens is 1. The summed E-state index contributed by atoms with van der Waals surface area (Å²) in [5.41, 5.74) is 0.117. The molecule has 3 nitrogen and oxygen atoms in total. The third-order valence-corrected chi connectivity index (χ3v) is 3.50. The van der Waals surface area contributed by atoms with Gasteiger partial charge < -0.3 is 4.42 Å². The molecule has 0 saturated carbocycles. The maximum Gasteiger partial charge on any atom is 0.436 e. The van der Waals surface area contributed by atoms with Crippen LogP contribution in [0.1, 0.15) is 54.0 Å². The van der Waals surface area contributed by atoms with Gasteiger partial charge in [0.05, 0.1) is 0 Å². The SMILES string of the molecule is O=C(CCCCCCc1ccccc1)c1nc(C(F)(F)F)co1. The van der Waals surface area contributed by atoms with Crippen LogP contribution in [0.3, 0.4) is 0 Å². The molecular weight excluding hydrogens is 307 g/mol. The topological polar surface area (TPSA) is 43.1 Å². The molecular formula is C17H18F3NO2. The Kier molecular flexibility index (Phi) is 5.96. The number of hydrogen-bond donors (Lipinski definition) is 0. The molecule has 0 atom stereocenters. The molecule has 0 radical (unpaired) electrons. The van der Waals surface area contributed by atoms with Crippen molar-refractivity contribution in [1.29, 1.82) is 0 Å². The zero-order chi connectivity index (χ0) is 16.7. The van der Waals surface area contributed by atoms with Crippen LogP contribution in [0.4, 0.5) is 13.2 Å². The van der Waals surface area contributed by atoms with Crippen LogP contribution in [0.5, 0.6) is 0 Å². The van der Waals surface area contributed by atoms with E-state index >= 15 is 0 Å². The Morgan fingerprint density at radius 2 is 1.74 bits per heavy atom. The van der Waals surface area contributed by atoms with E-state index in [1.807, 2.05) is 18.2 Å². The van der Waals surface area contributed by atoms with Crippen molar-refractivity contribution in [3.8, 4) is 0 Å². The highest BCUT2D eigenvalue weighted by atomic mass is 19.4. The van der Waals surface area contributed by atoms with Gasteiger partial charge in [-0.1, -0.05) is 43.2 Å². The normalized spacial score (nSPS) is 11.6. The second-order valence-electron chi connectivity index (χ2n) is 5.36. The van der Waals surface area contributed by atoms with Gasteiger partial charge >= 0.3 is 6.18 Å². The molecule has 124 valence electrons. The third-order valence-electron chi connectivity index (χ3n) is 3.50. The van der Waals surface area contributed by atoms with E-state index in [9.17, 15) is 18.0 Å². The van der Waals surface area contributed by atoms with Gasteiger partial charge in [-0.15, -0.1) is 0 Å². The molecule has 0 fully saturated rings. The summed E-state index contributed by atoms with van der Waals surface area (Å²) in [6.45, 7) is 0. The molecule has 1 aromatic carbocycles. The lowest BCUT2D eigenvalue weighted by atomic mass is 10.0. The van der Waals surface area contributed by atoms with Crippen LogP contribution < -0.4 is 0 Å². The highest BCUT2D eigenvalue weighted by molar-refractivity contribution is 5.91. The first kappa shape index (κ1) is 17.2. The summed E-state index contributed by atoms with van der Waals surface area (Å²) < 4.78 is 41.7. The van der Waals surface area contributed by atoms with Crippen molar-refractivity contribution >= 4 is 5.78 Å². The van der Waals surface area contributed by atoms with E-state index < -0.39 is 23.5 Å². The number of aryl methyl sites for hydroxylation is 1. The van der Waals surface area contributed by atoms with Crippen molar-refractivity contribution in [2.45, 2.75) is 44.7 Å². The summed E-state index contributed by atoms with van der Waals surface area (Å²) >= 11 is 0. The summed E-state index contributed by atoms with van der Waals surface area (Å²) in [5, 5.41) is 0. The molecule has 2 aromatic rings. The quantitative estimate of drug-likeness (QED) is 0.503. The lowest BCUT2D eigenvalue weighted by molar-refractivity contribution is -0.141. The fourth-order valence-electron chi connectivity index (χ4n) is 2.25. The first-order valence-corrected chi connectivity index (χ1v) is 7.56. The van der Waals surface area contributed by atoms with Gasteiger partial charge in [0.2, 0.25) is 5.78 Å². The second kappa shape index (κ2) is 7.94. The number of nitrogens with zero attached hydrogens (tertiary/aromatic N) is 1. The number of ketones is 1. The molecule has 6 heteroatoms. The van der Waals surface area contributed by atoms with Gasteiger partial charge in [0.1, 0.15) is 6.26 Å². The van der Waals surface area contributed by atoms with Crippen LogP contribution in [0.2, 0.25) is 0 Å². The van der Waals surface area contributed by atoms with Crippen molar-refractivity contribution in [3.05, 3.63) is 53.7 Å². The fourth-order valence-corrected chi connectivity index (χ4v) is 2.25. The summed E-state index contributed by atoms with van der Waals surface area (Å²) in [4.78, 5) is 14.9. The Hall–Kier alpha value is -2.11. The number of halogens is 3. The van der Waals surface area contributed by atoms with Crippen molar-refractivity contribution in [1.82, 2.24) is 4.98 Å². The van der Waals surface area contributed by atoms with E-state index in [0.717, 1.165) is 25.7 Å². The lowest BCUT2D eigenvalue weighted by Gasteiger charge is -2.01. The Morgan fingerprint density at radius 1 is 1.04 bits per heavy atom. The number of hydrogen-bond acceptors (Lipinski definition) is 3. The van der Waals surface area contributed by atoms with E-state index in [2.05, 4.69) is 21.5 Å². The first-order chi connectivity index (χ1) is 11.0. The standard InChI is InChI=1S/C17H18F3NO2/c18-17(19,20)15-12-23-16(21-15)14(22)11-7-2-1-4-8-13-9-5-3-6-10-13/h3,5-6,9-10,12H,1-2,4,7-8,11H2. The third kappa shape index (κ3) is 5.54. The maximum atomic E-state index is 12.4. The van der Waals surface area contributed by atoms with E-state index in [1.54, 1.807) is 0 Å². The summed E-state index contributed by atoms with van der Waals surface area (Å²) in [6, 6.07) is 10.1. The smallest absolute Gasteiger partial charge is 0.436 e. The lowest BCUT2D eigenvalue weighted by Crippen LogP contribution is -2.07. The van der Waals surface area contributed by atoms with E-state index in [4.69, 9.17) is 0 Å². The Bertz CT molecular complexity index is 620. The molecule has 0 spiro atoms. The number of carbonyl (C=O) groups is 1. The molecule has 2 rings (SSSR count). The van der Waals surface area contributed by atoms with Crippen LogP contribution in [0.25, 0.3) is 0 Å². The Labute approximate surface area is 132 Å². The van der Waals surface area contributed by atoms with Gasteiger partial charge in [0, 0.05) is 6.42 Å². The fraction of sp³-hybridized carbons (Fsp3) is 0.412. The second-order valence-corrected chi connectivity index (χ2v) is 5.36. The molecule has 0 bridgehead atoms. The minimum Gasteiger partial charge on any atom is -0.442 e. The molecule has 0 saturated heterocycles. The monoisotopic (exact) mass is 325 g/mol. The molecule has 23 heavy (non-hydrogen) atoms. The highest BCUT2D eigenvalue weighted by Gasteiger charge is 2.35. The number of benzene rings is 1. The van der Waals surface area contributed by atoms with Gasteiger partial charge in [0.15, 0.2) is 5.69 Å². The molecule has 1 aromatic heterocycles. The van der Waals surface area contributed by atoms with Crippen LogP contribution in [0, 0.1) is 0 Å². The average Bonchev–Trinajstić information content (AvgIpc) is 3.02. The minimum atomic E-state index is -4.58. The number of oxazole rings is 1. The van der Waals surface area contributed by atoms with Gasteiger partial charge in [-0.2, -0.15) is 13.2 Å². The van der Waals surface area contributed by atoms with Crippen LogP contribution >= 0.6 is 0 Å². The average molecular weight is 325 g/mol. The van der Waals surface area contributed by atoms with Gasteiger partial charge in [-0.05, 0) is 24.8 Å². The minimum absolute atomic E-state index is 0.156. The predicted octanol–water partition coefficient (Wildman–Crippen LogP) is 5.07. The largest absolute Gasteiger partial charge is 0.442 e. The summed E-state index contributed by atoms with van der Waals surface area (Å²) in [6.07, 6.45) is 0.513. The molecule has 1 heterocycles. The molecule has 0 aliphatic heterocycles. The number of alkyl halides is 3. The van der Waals surface area contributed by atoms with Gasteiger partial charge in [-0.25, -0.2) is 4.98 Å². The zero-order valence-electron chi connectivity index (χ0n) is 12.6. The summed E-state index contributed by atoms with van der Waals surface area (Å²) in [7, 11) is 0. The van der Waals surface area contributed by atoms with Gasteiger partial charge in [-0.3, -0.25) is 4.79 Å². The van der Waals surface area contributed by atoms with E-state index in [-0.39, 0.29) is 6.42 Å². The summed E-state index contributed by atoms with van der Waals surface area (Å²) in [5.74, 6) is -0.940. The van der Waals surface area contributed by atoms with Crippen LogP contribution in [0.15, 0.2) is 41.0 Å². The van der Waals surface area contributed by atoms with Crippen molar-refractivity contribution in [2.24, 2.45) is 0 Å². The molecule has 0 aliphatic carbocycles. The number of Topliss-reactive ketones (excluding diaryl/α,β-unsaturated/α-hetero) is 1. The van der Waals surface area contributed by atoms with Crippen molar-refractivity contribution in [3.63, 3.8) is 0 Å². The Morgan fingerprint density at radius 3 is 2.39 bits per heavy atom.